The van der Waals surface area contributed by atoms with Crippen LogP contribution in [0.15, 0.2) is 0 Å². The van der Waals surface area contributed by atoms with Crippen molar-refractivity contribution in [1.82, 2.24) is 10.2 Å². The van der Waals surface area contributed by atoms with Gasteiger partial charge in [-0.15, -0.1) is 0 Å². The van der Waals surface area contributed by atoms with Crippen molar-refractivity contribution in [2.45, 2.75) is 66.0 Å². The minimum absolute atomic E-state index is 0.607. The summed E-state index contributed by atoms with van der Waals surface area (Å²) in [4.78, 5) is 2.62. The Hall–Kier alpha value is -0.120. The van der Waals surface area contributed by atoms with Gasteiger partial charge in [0.25, 0.3) is 0 Å². The molecule has 0 aromatic rings. The highest BCUT2D eigenvalue weighted by Gasteiger charge is 2.25. The molecule has 0 saturated carbocycles. The average molecular weight is 272 g/mol. The first-order chi connectivity index (χ1) is 9.10. The molecule has 116 valence electrons. The molecule has 0 radical (unpaired) electrons. The van der Waals surface area contributed by atoms with Crippen molar-refractivity contribution in [3.05, 3.63) is 0 Å². The van der Waals surface area contributed by atoms with E-state index in [4.69, 9.17) is 4.74 Å². The Morgan fingerprint density at radius 3 is 2.26 bits per heavy atom. The molecule has 3 nitrogen and oxygen atoms in total. The third-order valence-corrected chi connectivity index (χ3v) is 3.60. The molecule has 19 heavy (non-hydrogen) atoms. The van der Waals surface area contributed by atoms with Gasteiger partial charge in [-0.3, -0.25) is 4.90 Å². The maximum Gasteiger partial charge on any atom is 0.0589 e. The fourth-order valence-corrected chi connectivity index (χ4v) is 2.87. The fourth-order valence-electron chi connectivity index (χ4n) is 2.87. The zero-order chi connectivity index (χ0) is 14.7. The first-order valence-corrected chi connectivity index (χ1v) is 8.06. The molecular formula is C16H36N2O. The van der Waals surface area contributed by atoms with Crippen LogP contribution in [0.4, 0.5) is 0 Å². The van der Waals surface area contributed by atoms with Crippen LogP contribution in [0, 0.1) is 5.92 Å². The van der Waals surface area contributed by atoms with Crippen LogP contribution in [-0.2, 0) is 4.74 Å². The average Bonchev–Trinajstić information content (AvgIpc) is 2.36. The molecule has 0 aromatic carbocycles. The maximum absolute atomic E-state index is 5.29. The van der Waals surface area contributed by atoms with Crippen LogP contribution in [0.25, 0.3) is 0 Å². The van der Waals surface area contributed by atoms with Crippen molar-refractivity contribution in [2.24, 2.45) is 5.92 Å². The maximum atomic E-state index is 5.29. The van der Waals surface area contributed by atoms with Gasteiger partial charge >= 0.3 is 0 Å². The van der Waals surface area contributed by atoms with Gasteiger partial charge in [0, 0.05) is 32.3 Å². The molecule has 3 heteroatoms. The van der Waals surface area contributed by atoms with Crippen LogP contribution in [0.5, 0.6) is 0 Å². The second-order valence-corrected chi connectivity index (χ2v) is 5.81. The molecule has 0 aliphatic heterocycles. The monoisotopic (exact) mass is 272 g/mol. The van der Waals surface area contributed by atoms with E-state index >= 15 is 0 Å². The van der Waals surface area contributed by atoms with Crippen LogP contribution < -0.4 is 5.32 Å². The second kappa shape index (κ2) is 11.7. The third-order valence-electron chi connectivity index (χ3n) is 3.60. The lowest BCUT2D eigenvalue weighted by molar-refractivity contribution is 0.0880. The molecule has 0 aromatic heterocycles. The topological polar surface area (TPSA) is 24.5 Å². The van der Waals surface area contributed by atoms with Gasteiger partial charge in [0.2, 0.25) is 0 Å². The summed E-state index contributed by atoms with van der Waals surface area (Å²) in [5, 5.41) is 3.68. The molecule has 0 amide bonds. The number of methoxy groups -OCH3 is 1. The molecule has 0 bridgehead atoms. The van der Waals surface area contributed by atoms with Crippen LogP contribution >= 0.6 is 0 Å². The standard InChI is InChI=1S/C16H36N2O/c1-7-10-15(17-9-3)16(8-2)18(11-12-19-6)13-14(4)5/h14-17H,7-13H2,1-6H3. The third kappa shape index (κ3) is 7.91. The quantitative estimate of drug-likeness (QED) is 0.591. The number of rotatable bonds is 12. The smallest absolute Gasteiger partial charge is 0.0589 e. The SMILES string of the molecule is CCCC(NCC)C(CC)N(CCOC)CC(C)C. The van der Waals surface area contributed by atoms with E-state index in [9.17, 15) is 0 Å². The lowest BCUT2D eigenvalue weighted by atomic mass is 9.98. The number of nitrogens with zero attached hydrogens (tertiary/aromatic N) is 1. The van der Waals surface area contributed by atoms with Gasteiger partial charge in [-0.1, -0.05) is 41.0 Å². The minimum Gasteiger partial charge on any atom is -0.383 e. The highest BCUT2D eigenvalue weighted by molar-refractivity contribution is 4.84. The van der Waals surface area contributed by atoms with E-state index in [2.05, 4.69) is 44.8 Å². The Balaban J connectivity index is 4.73. The molecule has 0 aliphatic carbocycles. The van der Waals surface area contributed by atoms with Gasteiger partial charge in [0.15, 0.2) is 0 Å². The molecule has 0 spiro atoms. The largest absolute Gasteiger partial charge is 0.383 e. The lowest BCUT2D eigenvalue weighted by Crippen LogP contribution is -2.51. The molecule has 0 heterocycles. The van der Waals surface area contributed by atoms with Gasteiger partial charge in [0.1, 0.15) is 0 Å². The zero-order valence-electron chi connectivity index (χ0n) is 14.0. The van der Waals surface area contributed by atoms with E-state index in [0.717, 1.165) is 26.2 Å². The first kappa shape index (κ1) is 18.9. The van der Waals surface area contributed by atoms with Gasteiger partial charge in [-0.25, -0.2) is 0 Å². The lowest BCUT2D eigenvalue weighted by Gasteiger charge is -2.38. The predicted octanol–water partition coefficient (Wildman–Crippen LogP) is 3.15. The van der Waals surface area contributed by atoms with Crippen molar-refractivity contribution in [2.75, 3.05) is 33.4 Å². The number of likely N-dealkylation sites (N-methyl/N-ethyl adjacent to an activating group) is 1. The minimum atomic E-state index is 0.607. The summed E-state index contributed by atoms with van der Waals surface area (Å²) >= 11 is 0. The number of ether oxygens (including phenoxy) is 1. The molecule has 1 N–H and O–H groups in total. The Morgan fingerprint density at radius 1 is 1.16 bits per heavy atom. The van der Waals surface area contributed by atoms with Crippen LogP contribution in [0.2, 0.25) is 0 Å². The zero-order valence-corrected chi connectivity index (χ0v) is 14.0. The van der Waals surface area contributed by atoms with Crippen LogP contribution in [-0.4, -0.2) is 50.3 Å². The molecule has 2 atom stereocenters. The van der Waals surface area contributed by atoms with Crippen LogP contribution in [0.1, 0.15) is 53.9 Å². The van der Waals surface area contributed by atoms with Crippen molar-refractivity contribution in [1.29, 1.82) is 0 Å². The summed E-state index contributed by atoms with van der Waals surface area (Å²) in [5.74, 6) is 0.704. The van der Waals surface area contributed by atoms with Crippen LogP contribution in [0.3, 0.4) is 0 Å². The second-order valence-electron chi connectivity index (χ2n) is 5.81. The summed E-state index contributed by atoms with van der Waals surface area (Å²) in [6.45, 7) is 15.5. The summed E-state index contributed by atoms with van der Waals surface area (Å²) in [5.41, 5.74) is 0. The molecule has 0 aliphatic rings. The molecule has 0 fully saturated rings. The Kier molecular flexibility index (Phi) is 11.6. The Morgan fingerprint density at radius 2 is 1.84 bits per heavy atom. The molecule has 2 unspecified atom stereocenters. The van der Waals surface area contributed by atoms with E-state index in [-0.39, 0.29) is 0 Å². The number of hydrogen-bond acceptors (Lipinski definition) is 3. The summed E-state index contributed by atoms with van der Waals surface area (Å²) in [6.07, 6.45) is 3.70. The van der Waals surface area contributed by atoms with E-state index in [1.165, 1.54) is 19.3 Å². The van der Waals surface area contributed by atoms with Crippen molar-refractivity contribution in [3.8, 4) is 0 Å². The molecule has 0 rings (SSSR count). The van der Waals surface area contributed by atoms with Gasteiger partial charge in [-0.05, 0) is 25.3 Å². The molecular weight excluding hydrogens is 236 g/mol. The van der Waals surface area contributed by atoms with Gasteiger partial charge < -0.3 is 10.1 Å². The van der Waals surface area contributed by atoms with Crippen molar-refractivity contribution >= 4 is 0 Å². The molecule has 0 saturated heterocycles. The number of nitrogens with one attached hydrogen (secondary N) is 1. The first-order valence-electron chi connectivity index (χ1n) is 8.06. The highest BCUT2D eigenvalue weighted by atomic mass is 16.5. The van der Waals surface area contributed by atoms with Gasteiger partial charge in [-0.2, -0.15) is 0 Å². The van der Waals surface area contributed by atoms with E-state index in [0.29, 0.717) is 18.0 Å². The number of hydrogen-bond donors (Lipinski definition) is 1. The predicted molar refractivity (Wildman–Crippen MR) is 84.7 cm³/mol. The normalized spacial score (nSPS) is 15.2. The Bertz CT molecular complexity index is 191. The Labute approximate surface area is 121 Å². The van der Waals surface area contributed by atoms with E-state index < -0.39 is 0 Å². The summed E-state index contributed by atoms with van der Waals surface area (Å²) in [6, 6.07) is 1.23. The van der Waals surface area contributed by atoms with Gasteiger partial charge in [0.05, 0.1) is 6.61 Å². The highest BCUT2D eigenvalue weighted by Crippen LogP contribution is 2.15. The fraction of sp³-hybridized carbons (Fsp3) is 1.00. The van der Waals surface area contributed by atoms with Crippen molar-refractivity contribution in [3.63, 3.8) is 0 Å². The van der Waals surface area contributed by atoms with Crippen molar-refractivity contribution < 1.29 is 4.74 Å². The van der Waals surface area contributed by atoms with E-state index in [1.807, 2.05) is 0 Å². The summed E-state index contributed by atoms with van der Waals surface area (Å²) in [7, 11) is 1.79. The summed E-state index contributed by atoms with van der Waals surface area (Å²) < 4.78 is 5.29. The van der Waals surface area contributed by atoms with E-state index in [1.54, 1.807) is 7.11 Å².